The van der Waals surface area contributed by atoms with E-state index in [1.165, 1.54) is 0 Å². The van der Waals surface area contributed by atoms with Gasteiger partial charge in [0.25, 0.3) is 5.91 Å². The molecule has 0 radical (unpaired) electrons. The van der Waals surface area contributed by atoms with Gasteiger partial charge in [0.2, 0.25) is 5.91 Å². The van der Waals surface area contributed by atoms with Gasteiger partial charge in [0, 0.05) is 17.3 Å². The fraction of sp³-hybridized carbons (Fsp3) is 0.333. The van der Waals surface area contributed by atoms with Crippen LogP contribution in [0.5, 0.6) is 0 Å². The van der Waals surface area contributed by atoms with E-state index < -0.39 is 0 Å². The Morgan fingerprint density at radius 1 is 1.18 bits per heavy atom. The van der Waals surface area contributed by atoms with Gasteiger partial charge in [0.05, 0.1) is 5.69 Å². The van der Waals surface area contributed by atoms with Gasteiger partial charge in [-0.2, -0.15) is 0 Å². The average molecular weight is 316 g/mol. The number of rotatable bonds is 5. The highest BCUT2D eigenvalue weighted by atomic mass is 32.1. The highest BCUT2D eigenvalue weighted by molar-refractivity contribution is 7.08. The van der Waals surface area contributed by atoms with Crippen LogP contribution in [0.15, 0.2) is 24.3 Å². The molecule has 1 heterocycles. The van der Waals surface area contributed by atoms with Gasteiger partial charge in [0.15, 0.2) is 0 Å². The maximum Gasteiger partial charge on any atom is 0.269 e. The third kappa shape index (κ3) is 3.30. The van der Waals surface area contributed by atoms with Crippen molar-refractivity contribution in [1.82, 2.24) is 9.59 Å². The zero-order valence-electron chi connectivity index (χ0n) is 12.1. The second kappa shape index (κ2) is 6.23. The SMILES string of the molecule is CCc1nnsc1C(=O)Nc1ccc(NC(=O)C2CC2)cc1. The molecule has 0 bridgehead atoms. The molecule has 0 saturated heterocycles. The van der Waals surface area contributed by atoms with Crippen LogP contribution in [-0.2, 0) is 11.2 Å². The largest absolute Gasteiger partial charge is 0.326 e. The molecule has 2 amide bonds. The van der Waals surface area contributed by atoms with Gasteiger partial charge in [-0.1, -0.05) is 11.4 Å². The van der Waals surface area contributed by atoms with Crippen LogP contribution in [0.1, 0.15) is 35.1 Å². The van der Waals surface area contributed by atoms with Gasteiger partial charge in [-0.3, -0.25) is 9.59 Å². The normalized spacial score (nSPS) is 13.7. The van der Waals surface area contributed by atoms with E-state index in [-0.39, 0.29) is 17.7 Å². The summed E-state index contributed by atoms with van der Waals surface area (Å²) in [5.74, 6) is 0.0346. The van der Waals surface area contributed by atoms with E-state index in [9.17, 15) is 9.59 Å². The van der Waals surface area contributed by atoms with Crippen molar-refractivity contribution in [2.75, 3.05) is 10.6 Å². The number of nitrogens with one attached hydrogen (secondary N) is 2. The summed E-state index contributed by atoms with van der Waals surface area (Å²) in [6.07, 6.45) is 2.62. The van der Waals surface area contributed by atoms with E-state index in [4.69, 9.17) is 0 Å². The van der Waals surface area contributed by atoms with Gasteiger partial charge in [-0.25, -0.2) is 0 Å². The van der Waals surface area contributed by atoms with Crippen LogP contribution in [0.3, 0.4) is 0 Å². The van der Waals surface area contributed by atoms with Crippen molar-refractivity contribution >= 4 is 34.7 Å². The zero-order valence-corrected chi connectivity index (χ0v) is 12.9. The van der Waals surface area contributed by atoms with Crippen molar-refractivity contribution in [3.05, 3.63) is 34.8 Å². The van der Waals surface area contributed by atoms with Crippen molar-refractivity contribution in [3.63, 3.8) is 0 Å². The molecule has 1 aromatic heterocycles. The van der Waals surface area contributed by atoms with E-state index in [0.29, 0.717) is 22.7 Å². The number of benzene rings is 1. The Hall–Kier alpha value is -2.28. The third-order valence-electron chi connectivity index (χ3n) is 3.46. The summed E-state index contributed by atoms with van der Waals surface area (Å²) in [5, 5.41) is 9.60. The lowest BCUT2D eigenvalue weighted by atomic mass is 10.2. The maximum absolute atomic E-state index is 12.2. The van der Waals surface area contributed by atoms with E-state index >= 15 is 0 Å². The maximum atomic E-state index is 12.2. The minimum atomic E-state index is -0.207. The molecular formula is C15H16N4O2S. The molecule has 6 nitrogen and oxygen atoms in total. The van der Waals surface area contributed by atoms with Crippen molar-refractivity contribution in [1.29, 1.82) is 0 Å². The zero-order chi connectivity index (χ0) is 15.5. The number of carbonyl (C=O) groups is 2. The number of hydrogen-bond acceptors (Lipinski definition) is 5. The summed E-state index contributed by atoms with van der Waals surface area (Å²) in [5.41, 5.74) is 2.12. The van der Waals surface area contributed by atoms with Crippen molar-refractivity contribution < 1.29 is 9.59 Å². The number of hydrogen-bond donors (Lipinski definition) is 2. The lowest BCUT2D eigenvalue weighted by molar-refractivity contribution is -0.117. The van der Waals surface area contributed by atoms with Crippen LogP contribution in [-0.4, -0.2) is 21.4 Å². The topological polar surface area (TPSA) is 84.0 Å². The molecule has 7 heteroatoms. The Balaban J connectivity index is 1.63. The quantitative estimate of drug-likeness (QED) is 0.888. The molecule has 1 saturated carbocycles. The Bertz CT molecular complexity index is 692. The molecule has 1 aromatic carbocycles. The lowest BCUT2D eigenvalue weighted by Gasteiger charge is -2.07. The highest BCUT2D eigenvalue weighted by Gasteiger charge is 2.29. The summed E-state index contributed by atoms with van der Waals surface area (Å²) in [4.78, 5) is 24.4. The predicted octanol–water partition coefficient (Wildman–Crippen LogP) is 2.70. The Morgan fingerprint density at radius 3 is 2.41 bits per heavy atom. The lowest BCUT2D eigenvalue weighted by Crippen LogP contribution is -2.14. The molecule has 22 heavy (non-hydrogen) atoms. The number of aryl methyl sites for hydroxylation is 1. The van der Waals surface area contributed by atoms with Gasteiger partial charge < -0.3 is 10.6 Å². The van der Waals surface area contributed by atoms with Gasteiger partial charge in [-0.05, 0) is 55.1 Å². The first-order chi connectivity index (χ1) is 10.7. The Labute approximate surface area is 132 Å². The minimum absolute atomic E-state index is 0.0695. The number of amides is 2. The van der Waals surface area contributed by atoms with Crippen LogP contribution in [0.4, 0.5) is 11.4 Å². The molecule has 1 aliphatic rings. The van der Waals surface area contributed by atoms with Crippen molar-refractivity contribution in [3.8, 4) is 0 Å². The smallest absolute Gasteiger partial charge is 0.269 e. The van der Waals surface area contributed by atoms with Crippen LogP contribution >= 0.6 is 11.5 Å². The van der Waals surface area contributed by atoms with Crippen LogP contribution < -0.4 is 10.6 Å². The summed E-state index contributed by atoms with van der Waals surface area (Å²) < 4.78 is 3.81. The fourth-order valence-electron chi connectivity index (χ4n) is 2.03. The van der Waals surface area contributed by atoms with E-state index in [2.05, 4.69) is 20.2 Å². The number of carbonyl (C=O) groups excluding carboxylic acids is 2. The van der Waals surface area contributed by atoms with E-state index in [1.54, 1.807) is 24.3 Å². The molecule has 0 aliphatic heterocycles. The number of nitrogens with zero attached hydrogens (tertiary/aromatic N) is 2. The molecule has 114 valence electrons. The molecule has 3 rings (SSSR count). The first kappa shape index (κ1) is 14.6. The van der Waals surface area contributed by atoms with E-state index in [0.717, 1.165) is 30.1 Å². The monoisotopic (exact) mass is 316 g/mol. The molecule has 2 N–H and O–H groups in total. The van der Waals surface area contributed by atoms with Crippen molar-refractivity contribution in [2.45, 2.75) is 26.2 Å². The predicted molar refractivity (Wildman–Crippen MR) is 85.0 cm³/mol. The third-order valence-corrected chi connectivity index (χ3v) is 4.22. The Morgan fingerprint density at radius 2 is 1.82 bits per heavy atom. The molecule has 2 aromatic rings. The van der Waals surface area contributed by atoms with Crippen LogP contribution in [0.25, 0.3) is 0 Å². The first-order valence-electron chi connectivity index (χ1n) is 7.21. The molecule has 0 unspecified atom stereocenters. The van der Waals surface area contributed by atoms with Gasteiger partial charge in [-0.15, -0.1) is 5.10 Å². The highest BCUT2D eigenvalue weighted by Crippen LogP contribution is 2.30. The number of aromatic nitrogens is 2. The van der Waals surface area contributed by atoms with Gasteiger partial charge >= 0.3 is 0 Å². The van der Waals surface area contributed by atoms with Gasteiger partial charge in [0.1, 0.15) is 4.88 Å². The average Bonchev–Trinajstić information content (AvgIpc) is 3.26. The molecule has 0 spiro atoms. The summed E-state index contributed by atoms with van der Waals surface area (Å²) >= 11 is 1.09. The van der Waals surface area contributed by atoms with Crippen LogP contribution in [0.2, 0.25) is 0 Å². The second-order valence-corrected chi connectivity index (χ2v) is 5.95. The van der Waals surface area contributed by atoms with E-state index in [1.807, 2.05) is 6.92 Å². The fourth-order valence-corrected chi connectivity index (χ4v) is 2.67. The van der Waals surface area contributed by atoms with Crippen molar-refractivity contribution in [2.24, 2.45) is 5.92 Å². The minimum Gasteiger partial charge on any atom is -0.326 e. The van der Waals surface area contributed by atoms with Crippen LogP contribution in [0, 0.1) is 5.92 Å². The summed E-state index contributed by atoms with van der Waals surface area (Å²) in [6, 6.07) is 7.09. The molecular weight excluding hydrogens is 300 g/mol. The summed E-state index contributed by atoms with van der Waals surface area (Å²) in [7, 11) is 0. The number of anilines is 2. The summed E-state index contributed by atoms with van der Waals surface area (Å²) in [6.45, 7) is 1.94. The first-order valence-corrected chi connectivity index (χ1v) is 7.98. The molecule has 1 fully saturated rings. The molecule has 0 atom stereocenters. The molecule has 1 aliphatic carbocycles. The Kier molecular flexibility index (Phi) is 4.15. The second-order valence-electron chi connectivity index (χ2n) is 5.20. The standard InChI is InChI=1S/C15H16N4O2S/c1-2-12-13(22-19-18-12)15(21)17-11-7-5-10(6-8-11)16-14(20)9-3-4-9/h5-9H,2-4H2,1H3,(H,16,20)(H,17,21).